The number of halogens is 1. The van der Waals surface area contributed by atoms with Gasteiger partial charge in [-0.15, -0.1) is 0 Å². The van der Waals surface area contributed by atoms with Gasteiger partial charge in [0.25, 0.3) is 0 Å². The number of nitrogens with one attached hydrogen (secondary N) is 2. The maximum absolute atomic E-state index is 13.4. The Morgan fingerprint density at radius 1 is 1.23 bits per heavy atom. The number of hydrogen-bond acceptors (Lipinski definition) is 2. The number of rotatable bonds is 8. The van der Waals surface area contributed by atoms with Crippen LogP contribution in [0.5, 0.6) is 0 Å². The van der Waals surface area contributed by atoms with Crippen molar-refractivity contribution < 1.29 is 13.9 Å². The molecule has 1 aliphatic rings. The Morgan fingerprint density at radius 3 is 2.80 bits per heavy atom. The molecule has 1 amide bonds. The van der Waals surface area contributed by atoms with Crippen LogP contribution in [-0.4, -0.2) is 29.6 Å². The molecule has 1 saturated heterocycles. The average molecular weight is 409 g/mol. The molecular formula is C25H29FN2O2. The molecule has 5 heteroatoms. The van der Waals surface area contributed by atoms with Gasteiger partial charge < -0.3 is 15.0 Å². The molecular weight excluding hydrogens is 379 g/mol. The van der Waals surface area contributed by atoms with Crippen molar-refractivity contribution in [1.29, 1.82) is 0 Å². The van der Waals surface area contributed by atoms with Gasteiger partial charge in [-0.25, -0.2) is 4.39 Å². The monoisotopic (exact) mass is 408 g/mol. The minimum absolute atomic E-state index is 0.0603. The van der Waals surface area contributed by atoms with Gasteiger partial charge in [-0.3, -0.25) is 4.79 Å². The van der Waals surface area contributed by atoms with Gasteiger partial charge in [-0.2, -0.15) is 0 Å². The van der Waals surface area contributed by atoms with Crippen molar-refractivity contribution >= 4 is 16.8 Å². The minimum Gasteiger partial charge on any atom is -0.378 e. The van der Waals surface area contributed by atoms with Crippen molar-refractivity contribution in [2.45, 2.75) is 57.6 Å². The number of carbonyl (C=O) groups excluding carboxylic acids is 1. The van der Waals surface area contributed by atoms with Crippen molar-refractivity contribution in [3.63, 3.8) is 0 Å². The molecule has 0 spiro atoms. The van der Waals surface area contributed by atoms with E-state index in [0.29, 0.717) is 18.9 Å². The van der Waals surface area contributed by atoms with Gasteiger partial charge in [0.15, 0.2) is 0 Å². The molecule has 1 aliphatic heterocycles. The number of para-hydroxylation sites is 1. The van der Waals surface area contributed by atoms with Crippen LogP contribution in [0.1, 0.15) is 44.6 Å². The fourth-order valence-corrected chi connectivity index (χ4v) is 4.29. The van der Waals surface area contributed by atoms with E-state index in [9.17, 15) is 9.18 Å². The smallest absolute Gasteiger partial charge is 0.220 e. The highest BCUT2D eigenvalue weighted by atomic mass is 19.1. The number of H-pyrrole nitrogens is 1. The third-order valence-electron chi connectivity index (χ3n) is 5.90. The van der Waals surface area contributed by atoms with Crippen LogP contribution in [0.15, 0.2) is 48.5 Å². The zero-order valence-electron chi connectivity index (χ0n) is 17.4. The molecule has 0 radical (unpaired) electrons. The SMILES string of the molecule is CC(CCC1CCCO1)NC(=O)CCc1c(-c2ccc(F)cc2)[nH]c2ccccc12. The van der Waals surface area contributed by atoms with Gasteiger partial charge in [0.05, 0.1) is 6.10 Å². The second kappa shape index (κ2) is 9.43. The largest absolute Gasteiger partial charge is 0.378 e. The average Bonchev–Trinajstić information content (AvgIpc) is 3.39. The number of aromatic nitrogens is 1. The Kier molecular flexibility index (Phi) is 6.48. The van der Waals surface area contributed by atoms with E-state index < -0.39 is 0 Å². The zero-order valence-corrected chi connectivity index (χ0v) is 17.4. The zero-order chi connectivity index (χ0) is 20.9. The Morgan fingerprint density at radius 2 is 2.03 bits per heavy atom. The normalized spacial score (nSPS) is 17.3. The summed E-state index contributed by atoms with van der Waals surface area (Å²) < 4.78 is 19.0. The molecule has 3 aromatic rings. The second-order valence-corrected chi connectivity index (χ2v) is 8.21. The molecule has 0 saturated carbocycles. The van der Waals surface area contributed by atoms with Crippen LogP contribution in [0.3, 0.4) is 0 Å². The molecule has 2 aromatic carbocycles. The maximum atomic E-state index is 13.4. The number of aryl methyl sites for hydroxylation is 1. The lowest BCUT2D eigenvalue weighted by Gasteiger charge is -2.16. The summed E-state index contributed by atoms with van der Waals surface area (Å²) in [4.78, 5) is 16.0. The van der Waals surface area contributed by atoms with Crippen molar-refractivity contribution in [3.8, 4) is 11.3 Å². The highest BCUT2D eigenvalue weighted by Crippen LogP contribution is 2.31. The van der Waals surface area contributed by atoms with Gasteiger partial charge in [0, 0.05) is 35.7 Å². The fraction of sp³-hybridized carbons (Fsp3) is 0.400. The highest BCUT2D eigenvalue weighted by molar-refractivity contribution is 5.91. The standard InChI is InChI=1S/C25H29FN2O2/c1-17(8-13-20-5-4-16-30-20)27-24(29)15-14-22-21-6-2-3-7-23(21)28-25(22)18-9-11-19(26)12-10-18/h2-3,6-7,9-12,17,20,28H,4-5,8,13-16H2,1H3,(H,27,29). The maximum Gasteiger partial charge on any atom is 0.220 e. The molecule has 1 fully saturated rings. The van der Waals surface area contributed by atoms with Crippen molar-refractivity contribution in [1.82, 2.24) is 10.3 Å². The van der Waals surface area contributed by atoms with E-state index in [-0.39, 0.29) is 17.8 Å². The van der Waals surface area contributed by atoms with E-state index in [1.807, 2.05) is 18.2 Å². The summed E-state index contributed by atoms with van der Waals surface area (Å²) in [6, 6.07) is 14.7. The molecule has 2 atom stereocenters. The molecule has 1 aromatic heterocycles. The Balaban J connectivity index is 1.42. The van der Waals surface area contributed by atoms with Crippen LogP contribution in [0.25, 0.3) is 22.2 Å². The van der Waals surface area contributed by atoms with Gasteiger partial charge in [0.2, 0.25) is 5.91 Å². The first-order valence-electron chi connectivity index (χ1n) is 10.9. The first-order chi connectivity index (χ1) is 14.6. The fourth-order valence-electron chi connectivity index (χ4n) is 4.29. The lowest BCUT2D eigenvalue weighted by atomic mass is 10.0. The summed E-state index contributed by atoms with van der Waals surface area (Å²) in [5.41, 5.74) is 4.00. The topological polar surface area (TPSA) is 54.1 Å². The van der Waals surface area contributed by atoms with Crippen molar-refractivity contribution in [3.05, 3.63) is 59.9 Å². The molecule has 0 bridgehead atoms. The van der Waals surface area contributed by atoms with Crippen molar-refractivity contribution in [2.24, 2.45) is 0 Å². The van der Waals surface area contributed by atoms with E-state index in [1.165, 1.54) is 12.1 Å². The van der Waals surface area contributed by atoms with Gasteiger partial charge >= 0.3 is 0 Å². The number of fused-ring (bicyclic) bond motifs is 1. The molecule has 4 nitrogen and oxygen atoms in total. The van der Waals surface area contributed by atoms with Crippen LogP contribution in [0.2, 0.25) is 0 Å². The summed E-state index contributed by atoms with van der Waals surface area (Å²) in [6.07, 6.45) is 5.61. The molecule has 30 heavy (non-hydrogen) atoms. The number of aromatic amines is 1. The van der Waals surface area contributed by atoms with Gasteiger partial charge in [-0.05, 0) is 80.5 Å². The number of ether oxygens (including phenoxy) is 1. The predicted molar refractivity (Wildman–Crippen MR) is 118 cm³/mol. The third kappa shape index (κ3) is 4.90. The lowest BCUT2D eigenvalue weighted by Crippen LogP contribution is -2.33. The van der Waals surface area contributed by atoms with E-state index in [2.05, 4.69) is 23.3 Å². The summed E-state index contributed by atoms with van der Waals surface area (Å²) in [5.74, 6) is -0.196. The minimum atomic E-state index is -0.257. The van der Waals surface area contributed by atoms with Crippen LogP contribution >= 0.6 is 0 Å². The molecule has 0 aliphatic carbocycles. The van der Waals surface area contributed by atoms with E-state index in [4.69, 9.17) is 4.74 Å². The third-order valence-corrected chi connectivity index (χ3v) is 5.90. The van der Waals surface area contributed by atoms with Gasteiger partial charge in [-0.1, -0.05) is 18.2 Å². The first kappa shape index (κ1) is 20.6. The van der Waals surface area contributed by atoms with Crippen LogP contribution in [-0.2, 0) is 16.0 Å². The summed E-state index contributed by atoms with van der Waals surface area (Å²) in [6.45, 7) is 2.93. The number of carbonyl (C=O) groups is 1. The quantitative estimate of drug-likeness (QED) is 0.526. The first-order valence-corrected chi connectivity index (χ1v) is 10.9. The van der Waals surface area contributed by atoms with E-state index in [1.54, 1.807) is 12.1 Å². The number of benzene rings is 2. The summed E-state index contributed by atoms with van der Waals surface area (Å²) in [5, 5.41) is 4.23. The van der Waals surface area contributed by atoms with Crippen LogP contribution in [0.4, 0.5) is 4.39 Å². The molecule has 158 valence electrons. The van der Waals surface area contributed by atoms with Gasteiger partial charge in [0.1, 0.15) is 5.82 Å². The molecule has 2 heterocycles. The Labute approximate surface area is 176 Å². The van der Waals surface area contributed by atoms with Crippen molar-refractivity contribution in [2.75, 3.05) is 6.61 Å². The predicted octanol–water partition coefficient (Wildman–Crippen LogP) is 5.37. The molecule has 2 N–H and O–H groups in total. The number of amides is 1. The summed E-state index contributed by atoms with van der Waals surface area (Å²) >= 11 is 0. The van der Waals surface area contributed by atoms with Crippen LogP contribution in [0, 0.1) is 5.82 Å². The molecule has 4 rings (SSSR count). The molecule has 2 unspecified atom stereocenters. The lowest BCUT2D eigenvalue weighted by molar-refractivity contribution is -0.121. The highest BCUT2D eigenvalue weighted by Gasteiger charge is 2.18. The van der Waals surface area contributed by atoms with Crippen LogP contribution < -0.4 is 5.32 Å². The Bertz CT molecular complexity index is 990. The number of hydrogen-bond donors (Lipinski definition) is 2. The second-order valence-electron chi connectivity index (χ2n) is 8.21. The summed E-state index contributed by atoms with van der Waals surface area (Å²) in [7, 11) is 0. The Hall–Kier alpha value is -2.66. The van der Waals surface area contributed by atoms with E-state index >= 15 is 0 Å². The van der Waals surface area contributed by atoms with E-state index in [0.717, 1.165) is 60.0 Å².